The second kappa shape index (κ2) is 7.81. The van der Waals surface area contributed by atoms with Gasteiger partial charge >= 0.3 is 0 Å². The lowest BCUT2D eigenvalue weighted by Crippen LogP contribution is -2.33. The number of hydrogen-bond acceptors (Lipinski definition) is 3. The Morgan fingerprint density at radius 3 is 2.62 bits per heavy atom. The number of hydrogen-bond donors (Lipinski definition) is 1. The van der Waals surface area contributed by atoms with Crippen LogP contribution in [0.1, 0.15) is 16.1 Å². The highest BCUT2D eigenvalue weighted by Crippen LogP contribution is 2.15. The van der Waals surface area contributed by atoms with Gasteiger partial charge < -0.3 is 10.2 Å². The van der Waals surface area contributed by atoms with E-state index in [1.165, 1.54) is 0 Å². The Bertz CT molecular complexity index is 583. The van der Waals surface area contributed by atoms with Gasteiger partial charge in [0.15, 0.2) is 0 Å². The Kier molecular flexibility index (Phi) is 6.39. The lowest BCUT2D eigenvalue weighted by atomic mass is 10.2. The van der Waals surface area contributed by atoms with Crippen molar-refractivity contribution in [3.8, 4) is 5.69 Å². The van der Waals surface area contributed by atoms with Crippen LogP contribution in [0.4, 0.5) is 0 Å². The minimum atomic E-state index is -0.0000638. The second-order valence-corrected chi connectivity index (χ2v) is 4.72. The topological polar surface area (TPSA) is 50.2 Å². The van der Waals surface area contributed by atoms with E-state index in [-0.39, 0.29) is 18.3 Å². The molecule has 0 aliphatic heterocycles. The Morgan fingerprint density at radius 2 is 2.00 bits per heavy atom. The fraction of sp³-hybridized carbons (Fsp3) is 0.333. The third kappa shape index (κ3) is 3.83. The van der Waals surface area contributed by atoms with Gasteiger partial charge in [-0.3, -0.25) is 4.79 Å². The summed E-state index contributed by atoms with van der Waals surface area (Å²) >= 11 is 0. The molecule has 114 valence electrons. The summed E-state index contributed by atoms with van der Waals surface area (Å²) in [5, 5.41) is 7.36. The van der Waals surface area contributed by atoms with Crippen molar-refractivity contribution in [2.24, 2.45) is 0 Å². The largest absolute Gasteiger partial charge is 0.340 e. The zero-order valence-electron chi connectivity index (χ0n) is 12.5. The van der Waals surface area contributed by atoms with Gasteiger partial charge in [-0.2, -0.15) is 5.10 Å². The number of rotatable bonds is 5. The summed E-state index contributed by atoms with van der Waals surface area (Å²) in [5.74, 6) is -0.0000638. The van der Waals surface area contributed by atoms with Gasteiger partial charge in [-0.1, -0.05) is 18.2 Å². The molecular formula is C15H21ClN4O. The van der Waals surface area contributed by atoms with Gasteiger partial charge in [0.05, 0.1) is 23.1 Å². The van der Waals surface area contributed by atoms with Gasteiger partial charge in [-0.25, -0.2) is 4.68 Å². The molecule has 0 aliphatic carbocycles. The number of carbonyl (C=O) groups is 1. The maximum absolute atomic E-state index is 12.4. The van der Waals surface area contributed by atoms with E-state index in [1.807, 2.05) is 44.3 Å². The van der Waals surface area contributed by atoms with Crippen molar-refractivity contribution >= 4 is 18.3 Å². The van der Waals surface area contributed by atoms with Crippen LogP contribution in [0, 0.1) is 6.92 Å². The van der Waals surface area contributed by atoms with E-state index >= 15 is 0 Å². The minimum Gasteiger partial charge on any atom is -0.340 e. The molecule has 1 heterocycles. The van der Waals surface area contributed by atoms with Crippen molar-refractivity contribution in [2.75, 3.05) is 27.2 Å². The first-order valence-corrected chi connectivity index (χ1v) is 6.65. The van der Waals surface area contributed by atoms with Gasteiger partial charge in [-0.15, -0.1) is 12.4 Å². The van der Waals surface area contributed by atoms with E-state index in [9.17, 15) is 4.79 Å². The molecule has 0 bridgehead atoms. The average molecular weight is 309 g/mol. The number of carbonyl (C=O) groups excluding carboxylic acids is 1. The first kappa shape index (κ1) is 17.2. The number of para-hydroxylation sites is 1. The molecule has 0 unspecified atom stereocenters. The van der Waals surface area contributed by atoms with E-state index in [2.05, 4.69) is 10.4 Å². The summed E-state index contributed by atoms with van der Waals surface area (Å²) in [6, 6.07) is 9.81. The highest BCUT2D eigenvalue weighted by Gasteiger charge is 2.18. The van der Waals surface area contributed by atoms with Gasteiger partial charge in [0.25, 0.3) is 5.91 Å². The van der Waals surface area contributed by atoms with Gasteiger partial charge in [0.2, 0.25) is 0 Å². The monoisotopic (exact) mass is 308 g/mol. The number of amides is 1. The minimum absolute atomic E-state index is 0. The Morgan fingerprint density at radius 1 is 1.33 bits per heavy atom. The van der Waals surface area contributed by atoms with Crippen molar-refractivity contribution < 1.29 is 4.79 Å². The summed E-state index contributed by atoms with van der Waals surface area (Å²) < 4.78 is 1.79. The molecule has 1 aromatic carbocycles. The fourth-order valence-corrected chi connectivity index (χ4v) is 2.04. The van der Waals surface area contributed by atoms with Crippen LogP contribution in [0.25, 0.3) is 5.69 Å². The highest BCUT2D eigenvalue weighted by atomic mass is 35.5. The summed E-state index contributed by atoms with van der Waals surface area (Å²) in [6.07, 6.45) is 1.64. The Balaban J connectivity index is 0.00000220. The molecule has 0 saturated heterocycles. The fourth-order valence-electron chi connectivity index (χ4n) is 2.04. The first-order chi connectivity index (χ1) is 9.65. The highest BCUT2D eigenvalue weighted by molar-refractivity contribution is 5.95. The summed E-state index contributed by atoms with van der Waals surface area (Å²) in [6.45, 7) is 3.36. The van der Waals surface area contributed by atoms with Crippen molar-refractivity contribution in [2.45, 2.75) is 6.92 Å². The van der Waals surface area contributed by atoms with Crippen LogP contribution < -0.4 is 5.32 Å². The second-order valence-electron chi connectivity index (χ2n) is 4.72. The molecule has 6 heteroatoms. The molecule has 0 fully saturated rings. The van der Waals surface area contributed by atoms with Crippen LogP contribution in [0.3, 0.4) is 0 Å². The van der Waals surface area contributed by atoms with E-state index in [1.54, 1.807) is 22.8 Å². The molecule has 0 radical (unpaired) electrons. The summed E-state index contributed by atoms with van der Waals surface area (Å²) in [7, 11) is 3.68. The van der Waals surface area contributed by atoms with Crippen molar-refractivity contribution in [1.29, 1.82) is 0 Å². The molecule has 2 aromatic rings. The SMILES string of the molecule is CNCCN(C)C(=O)c1cnn(-c2ccccc2)c1C.Cl. The number of nitrogens with one attached hydrogen (secondary N) is 1. The standard InChI is InChI=1S/C15H20N4O.ClH/c1-12-14(15(20)18(3)10-9-16-2)11-17-19(12)13-7-5-4-6-8-13;/h4-8,11,16H,9-10H2,1-3H3;1H. The smallest absolute Gasteiger partial charge is 0.257 e. The molecule has 0 spiro atoms. The molecule has 1 aromatic heterocycles. The van der Waals surface area contributed by atoms with E-state index in [0.717, 1.165) is 17.9 Å². The molecule has 1 N–H and O–H groups in total. The average Bonchev–Trinajstić information content (AvgIpc) is 2.86. The number of nitrogens with zero attached hydrogens (tertiary/aromatic N) is 3. The quantitative estimate of drug-likeness (QED) is 0.918. The predicted molar refractivity (Wildman–Crippen MR) is 86.4 cm³/mol. The van der Waals surface area contributed by atoms with Crippen molar-refractivity contribution in [3.63, 3.8) is 0 Å². The van der Waals surface area contributed by atoms with Gasteiger partial charge in [0.1, 0.15) is 0 Å². The zero-order valence-corrected chi connectivity index (χ0v) is 13.4. The molecule has 5 nitrogen and oxygen atoms in total. The third-order valence-corrected chi connectivity index (χ3v) is 3.28. The number of benzene rings is 1. The predicted octanol–water partition coefficient (Wildman–Crippen LogP) is 1.89. The van der Waals surface area contributed by atoms with Crippen LogP contribution in [-0.2, 0) is 0 Å². The van der Waals surface area contributed by atoms with E-state index in [0.29, 0.717) is 12.1 Å². The maximum Gasteiger partial charge on any atom is 0.257 e. The molecule has 0 aliphatic rings. The van der Waals surface area contributed by atoms with Crippen LogP contribution in [0.2, 0.25) is 0 Å². The van der Waals surface area contributed by atoms with Crippen molar-refractivity contribution in [3.05, 3.63) is 47.8 Å². The van der Waals surface area contributed by atoms with E-state index < -0.39 is 0 Å². The molecule has 2 rings (SSSR count). The molecule has 21 heavy (non-hydrogen) atoms. The first-order valence-electron chi connectivity index (χ1n) is 6.65. The Hall–Kier alpha value is -1.85. The molecule has 0 atom stereocenters. The van der Waals surface area contributed by atoms with Crippen LogP contribution in [0.15, 0.2) is 36.5 Å². The van der Waals surface area contributed by atoms with E-state index in [4.69, 9.17) is 0 Å². The summed E-state index contributed by atoms with van der Waals surface area (Å²) in [5.41, 5.74) is 2.46. The van der Waals surface area contributed by atoms with Crippen molar-refractivity contribution in [1.82, 2.24) is 20.0 Å². The van der Waals surface area contributed by atoms with Crippen LogP contribution >= 0.6 is 12.4 Å². The number of aromatic nitrogens is 2. The van der Waals surface area contributed by atoms with Crippen LogP contribution in [0.5, 0.6) is 0 Å². The summed E-state index contributed by atoms with van der Waals surface area (Å²) in [4.78, 5) is 14.1. The third-order valence-electron chi connectivity index (χ3n) is 3.28. The molecule has 0 saturated carbocycles. The van der Waals surface area contributed by atoms with Gasteiger partial charge in [-0.05, 0) is 26.1 Å². The molecular weight excluding hydrogens is 288 g/mol. The zero-order chi connectivity index (χ0) is 14.5. The molecule has 1 amide bonds. The maximum atomic E-state index is 12.4. The van der Waals surface area contributed by atoms with Crippen LogP contribution in [-0.4, -0.2) is 47.8 Å². The number of halogens is 1. The normalized spacial score (nSPS) is 10.0. The number of likely N-dealkylation sites (N-methyl/N-ethyl adjacent to an activating group) is 2. The lowest BCUT2D eigenvalue weighted by Gasteiger charge is -2.16. The lowest BCUT2D eigenvalue weighted by molar-refractivity contribution is 0.0796. The Labute approximate surface area is 131 Å². The van der Waals surface area contributed by atoms with Gasteiger partial charge in [0, 0.05) is 20.1 Å².